The van der Waals surface area contributed by atoms with Crippen LogP contribution in [0.3, 0.4) is 0 Å². The van der Waals surface area contributed by atoms with Crippen LogP contribution in [-0.4, -0.2) is 91.7 Å². The molecule has 3 aliphatic rings. The van der Waals surface area contributed by atoms with E-state index in [9.17, 15) is 19.5 Å². The molecule has 5 atom stereocenters. The first-order valence-corrected chi connectivity index (χ1v) is 12.5. The standard InChI is InChI=1S/C26H31N5O6/c1-3-5-15-36-25(35)20-19-10-11-26(37-19)21(20)23(33)30(13-14-32)22(26)24(34)29(12-4-2)16-31-18-9-7-6-8-17(18)27-28-31/h3-4,6-9,19-22,32H,1-2,5,10-16H2/t19-,20+,21+,22?,26?/m1/s1. The fourth-order valence-electron chi connectivity index (χ4n) is 6.12. The second kappa shape index (κ2) is 10.1. The third kappa shape index (κ3) is 4.02. The first kappa shape index (κ1) is 25.1. The van der Waals surface area contributed by atoms with Gasteiger partial charge in [0.2, 0.25) is 11.8 Å². The molecule has 1 N–H and O–H groups in total. The molecule has 37 heavy (non-hydrogen) atoms. The SMILES string of the molecule is C=CCCOC(=O)[C@@H]1[C@H]2C(=O)N(CCO)C(C(=O)N(CC=C)Cn3nnc4ccccc43)C23CC[C@H]1O3. The molecular formula is C26H31N5O6. The fourth-order valence-corrected chi connectivity index (χ4v) is 6.12. The van der Waals surface area contributed by atoms with E-state index in [4.69, 9.17) is 9.47 Å². The van der Waals surface area contributed by atoms with E-state index in [1.54, 1.807) is 21.7 Å². The van der Waals surface area contributed by atoms with Crippen LogP contribution in [0.4, 0.5) is 0 Å². The lowest BCUT2D eigenvalue weighted by molar-refractivity contribution is -0.155. The third-order valence-electron chi connectivity index (χ3n) is 7.60. The van der Waals surface area contributed by atoms with Gasteiger partial charge in [-0.2, -0.15) is 0 Å². The van der Waals surface area contributed by atoms with Crippen LogP contribution in [0.1, 0.15) is 19.3 Å². The van der Waals surface area contributed by atoms with Crippen LogP contribution in [0.25, 0.3) is 11.0 Å². The summed E-state index contributed by atoms with van der Waals surface area (Å²) in [5, 5.41) is 18.1. The van der Waals surface area contributed by atoms with E-state index < -0.39 is 35.6 Å². The molecule has 1 aromatic carbocycles. The molecule has 1 aromatic heterocycles. The molecule has 5 rings (SSSR count). The van der Waals surface area contributed by atoms with Gasteiger partial charge in [-0.05, 0) is 31.4 Å². The lowest BCUT2D eigenvalue weighted by Crippen LogP contribution is -2.56. The highest BCUT2D eigenvalue weighted by molar-refractivity contribution is 5.98. The van der Waals surface area contributed by atoms with Gasteiger partial charge in [-0.1, -0.05) is 29.5 Å². The topological polar surface area (TPSA) is 127 Å². The Labute approximate surface area is 214 Å². The summed E-state index contributed by atoms with van der Waals surface area (Å²) in [6, 6.07) is 6.42. The molecule has 0 saturated carbocycles. The number of aliphatic hydroxyl groups excluding tert-OH is 1. The molecule has 2 unspecified atom stereocenters. The van der Waals surface area contributed by atoms with Crippen molar-refractivity contribution in [1.29, 1.82) is 0 Å². The maximum absolute atomic E-state index is 14.2. The highest BCUT2D eigenvalue weighted by atomic mass is 16.6. The highest BCUT2D eigenvalue weighted by Gasteiger charge is 2.75. The number of carbonyl (C=O) groups is 3. The number of hydrogen-bond acceptors (Lipinski definition) is 8. The van der Waals surface area contributed by atoms with E-state index in [1.807, 2.05) is 24.3 Å². The number of fused-ring (bicyclic) bond motifs is 2. The number of ether oxygens (including phenoxy) is 2. The Morgan fingerprint density at radius 1 is 1.30 bits per heavy atom. The Morgan fingerprint density at radius 2 is 2.11 bits per heavy atom. The van der Waals surface area contributed by atoms with Gasteiger partial charge in [-0.25, -0.2) is 4.68 Å². The van der Waals surface area contributed by atoms with Gasteiger partial charge < -0.3 is 24.4 Å². The summed E-state index contributed by atoms with van der Waals surface area (Å²) < 4.78 is 13.4. The molecule has 11 heteroatoms. The van der Waals surface area contributed by atoms with Crippen molar-refractivity contribution in [3.05, 3.63) is 49.6 Å². The molecule has 11 nitrogen and oxygen atoms in total. The highest BCUT2D eigenvalue weighted by Crippen LogP contribution is 2.58. The largest absolute Gasteiger partial charge is 0.465 e. The Morgan fingerprint density at radius 3 is 2.86 bits per heavy atom. The summed E-state index contributed by atoms with van der Waals surface area (Å²) in [5.74, 6) is -2.87. The number of para-hydroxylation sites is 1. The first-order chi connectivity index (χ1) is 18.0. The van der Waals surface area contributed by atoms with Gasteiger partial charge in [0.05, 0.1) is 36.7 Å². The maximum Gasteiger partial charge on any atom is 0.312 e. The van der Waals surface area contributed by atoms with E-state index in [0.717, 1.165) is 5.52 Å². The Kier molecular flexibility index (Phi) is 6.82. The first-order valence-electron chi connectivity index (χ1n) is 12.5. The van der Waals surface area contributed by atoms with E-state index in [1.165, 1.54) is 4.90 Å². The predicted octanol–water partition coefficient (Wildman–Crippen LogP) is 0.890. The quantitative estimate of drug-likeness (QED) is 0.269. The number of rotatable bonds is 11. The number of aromatic nitrogens is 3. The van der Waals surface area contributed by atoms with Crippen molar-refractivity contribution >= 4 is 28.8 Å². The number of β-amino-alcohol motifs (C(OH)–C–C–N with tert-alkyl or cyclic N) is 1. The van der Waals surface area contributed by atoms with E-state index in [2.05, 4.69) is 23.5 Å². The van der Waals surface area contributed by atoms with Crippen LogP contribution < -0.4 is 0 Å². The molecule has 3 fully saturated rings. The smallest absolute Gasteiger partial charge is 0.312 e. The minimum absolute atomic E-state index is 0.0477. The van der Waals surface area contributed by atoms with Gasteiger partial charge >= 0.3 is 5.97 Å². The zero-order valence-corrected chi connectivity index (χ0v) is 20.6. The molecule has 2 amide bonds. The van der Waals surface area contributed by atoms with Gasteiger partial charge in [0.25, 0.3) is 0 Å². The normalized spacial score (nSPS) is 27.9. The second-order valence-corrected chi connectivity index (χ2v) is 9.62. The molecule has 3 aliphatic heterocycles. The molecule has 1 spiro atoms. The van der Waals surface area contributed by atoms with Crippen LogP contribution in [0.15, 0.2) is 49.6 Å². The summed E-state index contributed by atoms with van der Waals surface area (Å²) in [6.45, 7) is 7.50. The van der Waals surface area contributed by atoms with Crippen molar-refractivity contribution in [1.82, 2.24) is 24.8 Å². The fraction of sp³-hybridized carbons (Fsp3) is 0.500. The minimum atomic E-state index is -1.17. The number of aliphatic hydroxyl groups is 1. The molecule has 196 valence electrons. The van der Waals surface area contributed by atoms with E-state index >= 15 is 0 Å². The lowest BCUT2D eigenvalue weighted by Gasteiger charge is -2.36. The monoisotopic (exact) mass is 509 g/mol. The summed E-state index contributed by atoms with van der Waals surface area (Å²) in [4.78, 5) is 43.8. The maximum atomic E-state index is 14.2. The zero-order valence-electron chi connectivity index (χ0n) is 20.6. The van der Waals surface area contributed by atoms with Crippen LogP contribution in [0.2, 0.25) is 0 Å². The van der Waals surface area contributed by atoms with Gasteiger partial charge in [0.15, 0.2) is 0 Å². The summed E-state index contributed by atoms with van der Waals surface area (Å²) >= 11 is 0. The minimum Gasteiger partial charge on any atom is -0.465 e. The predicted molar refractivity (Wildman–Crippen MR) is 132 cm³/mol. The van der Waals surface area contributed by atoms with E-state index in [0.29, 0.717) is 24.8 Å². The average Bonchev–Trinajstić information content (AvgIpc) is 3.64. The van der Waals surface area contributed by atoms with Crippen molar-refractivity contribution in [2.24, 2.45) is 11.8 Å². The number of benzene rings is 1. The Hall–Kier alpha value is -3.57. The van der Waals surface area contributed by atoms with E-state index in [-0.39, 0.29) is 44.8 Å². The van der Waals surface area contributed by atoms with Crippen molar-refractivity contribution < 1.29 is 29.0 Å². The zero-order chi connectivity index (χ0) is 26.2. The molecule has 0 aliphatic carbocycles. The average molecular weight is 510 g/mol. The molecular weight excluding hydrogens is 478 g/mol. The van der Waals surface area contributed by atoms with Crippen molar-refractivity contribution in [3.63, 3.8) is 0 Å². The lowest BCUT2D eigenvalue weighted by atomic mass is 9.70. The number of nitrogens with zero attached hydrogens (tertiary/aromatic N) is 5. The molecule has 2 bridgehead atoms. The Balaban J connectivity index is 1.47. The van der Waals surface area contributed by atoms with Crippen molar-refractivity contribution in [3.8, 4) is 0 Å². The summed E-state index contributed by atoms with van der Waals surface area (Å²) in [6.07, 6.45) is 4.25. The molecule has 2 aromatic rings. The van der Waals surface area contributed by atoms with Crippen LogP contribution in [0.5, 0.6) is 0 Å². The van der Waals surface area contributed by atoms with Gasteiger partial charge in [-0.15, -0.1) is 18.3 Å². The number of amides is 2. The van der Waals surface area contributed by atoms with Crippen molar-refractivity contribution in [2.75, 3.05) is 26.3 Å². The summed E-state index contributed by atoms with van der Waals surface area (Å²) in [5.41, 5.74) is 0.288. The van der Waals surface area contributed by atoms with Gasteiger partial charge in [0, 0.05) is 13.1 Å². The van der Waals surface area contributed by atoms with Crippen LogP contribution >= 0.6 is 0 Å². The molecule has 3 saturated heterocycles. The molecule has 4 heterocycles. The number of esters is 1. The van der Waals surface area contributed by atoms with Crippen LogP contribution in [-0.2, 0) is 30.5 Å². The number of hydrogen-bond donors (Lipinski definition) is 1. The van der Waals surface area contributed by atoms with Crippen LogP contribution in [0, 0.1) is 11.8 Å². The third-order valence-corrected chi connectivity index (χ3v) is 7.60. The van der Waals surface area contributed by atoms with Gasteiger partial charge in [0.1, 0.15) is 23.8 Å². The summed E-state index contributed by atoms with van der Waals surface area (Å²) in [7, 11) is 0. The Bertz CT molecular complexity index is 1230. The van der Waals surface area contributed by atoms with Crippen molar-refractivity contribution in [2.45, 2.75) is 43.7 Å². The molecule has 0 radical (unpaired) electrons. The second-order valence-electron chi connectivity index (χ2n) is 9.62. The van der Waals surface area contributed by atoms with Gasteiger partial charge in [-0.3, -0.25) is 14.4 Å². The number of carbonyl (C=O) groups excluding carboxylic acids is 3. The number of likely N-dealkylation sites (tertiary alicyclic amines) is 1.